The van der Waals surface area contributed by atoms with Gasteiger partial charge in [-0.15, -0.1) is 5.10 Å². The lowest BCUT2D eigenvalue weighted by atomic mass is 9.93. The molecule has 0 bridgehead atoms. The van der Waals surface area contributed by atoms with E-state index in [1.165, 1.54) is 6.26 Å². The molecular formula is C17H21N7O2S. The van der Waals surface area contributed by atoms with Gasteiger partial charge < -0.3 is 10.6 Å². The van der Waals surface area contributed by atoms with Crippen LogP contribution in [0.1, 0.15) is 24.5 Å². The Hall–Kier alpha value is -2.88. The molecule has 1 aromatic carbocycles. The third-order valence-electron chi connectivity index (χ3n) is 4.88. The van der Waals surface area contributed by atoms with Crippen LogP contribution in [0.4, 0.5) is 11.9 Å². The smallest absolute Gasteiger partial charge is 0.246 e. The molecular weight excluding hydrogens is 366 g/mol. The topological polar surface area (TPSA) is 134 Å². The molecule has 4 rings (SSSR count). The monoisotopic (exact) mass is 387 g/mol. The average Bonchev–Trinajstić information content (AvgIpc) is 3.31. The van der Waals surface area contributed by atoms with Gasteiger partial charge in [0.05, 0.1) is 10.6 Å². The summed E-state index contributed by atoms with van der Waals surface area (Å²) >= 11 is 0. The van der Waals surface area contributed by atoms with Gasteiger partial charge in [-0.25, -0.2) is 13.5 Å². The number of hydrogen-bond donors (Lipinski definition) is 3. The third kappa shape index (κ3) is 3.65. The van der Waals surface area contributed by atoms with Gasteiger partial charge in [-0.1, -0.05) is 12.1 Å². The minimum atomic E-state index is -3.19. The molecule has 142 valence electrons. The van der Waals surface area contributed by atoms with Crippen molar-refractivity contribution >= 4 is 21.7 Å². The van der Waals surface area contributed by atoms with E-state index in [0.717, 1.165) is 42.9 Å². The number of anilines is 2. The van der Waals surface area contributed by atoms with E-state index in [2.05, 4.69) is 30.3 Å². The lowest BCUT2D eigenvalue weighted by molar-refractivity contribution is 0.490. The van der Waals surface area contributed by atoms with Crippen LogP contribution in [0, 0.1) is 0 Å². The zero-order valence-electron chi connectivity index (χ0n) is 14.9. The van der Waals surface area contributed by atoms with Crippen molar-refractivity contribution in [2.45, 2.75) is 23.7 Å². The molecule has 0 radical (unpaired) electrons. The van der Waals surface area contributed by atoms with Gasteiger partial charge in [0.1, 0.15) is 0 Å². The summed E-state index contributed by atoms with van der Waals surface area (Å²) in [7, 11) is -3.19. The Morgan fingerprint density at radius 2 is 1.81 bits per heavy atom. The highest BCUT2D eigenvalue weighted by molar-refractivity contribution is 7.90. The molecule has 2 aromatic heterocycles. The Balaban J connectivity index is 1.44. The molecule has 0 saturated carbocycles. The van der Waals surface area contributed by atoms with Crippen molar-refractivity contribution < 1.29 is 8.42 Å². The van der Waals surface area contributed by atoms with Gasteiger partial charge in [0.2, 0.25) is 11.9 Å². The molecule has 1 aliphatic rings. The number of nitrogens with one attached hydrogen (secondary N) is 2. The van der Waals surface area contributed by atoms with Crippen molar-refractivity contribution in [2.24, 2.45) is 0 Å². The molecule has 0 aliphatic carbocycles. The second-order valence-corrected chi connectivity index (χ2v) is 8.80. The van der Waals surface area contributed by atoms with E-state index in [1.54, 1.807) is 24.3 Å². The molecule has 0 spiro atoms. The summed E-state index contributed by atoms with van der Waals surface area (Å²) in [5.41, 5.74) is 8.38. The highest BCUT2D eigenvalue weighted by atomic mass is 32.2. The van der Waals surface area contributed by atoms with E-state index in [9.17, 15) is 8.42 Å². The van der Waals surface area contributed by atoms with E-state index in [1.807, 2.05) is 6.07 Å². The summed E-state index contributed by atoms with van der Waals surface area (Å²) in [6.45, 7) is 1.69. The van der Waals surface area contributed by atoms with Crippen molar-refractivity contribution in [3.63, 3.8) is 0 Å². The number of hydrogen-bond acceptors (Lipinski definition) is 7. The number of benzene rings is 1. The molecule has 0 unspecified atom stereocenters. The Morgan fingerprint density at radius 3 is 2.41 bits per heavy atom. The maximum Gasteiger partial charge on any atom is 0.246 e. The molecule has 9 nitrogen and oxygen atoms in total. The molecule has 0 atom stereocenters. The fourth-order valence-corrected chi connectivity index (χ4v) is 3.99. The highest BCUT2D eigenvalue weighted by Gasteiger charge is 2.24. The summed E-state index contributed by atoms with van der Waals surface area (Å²) in [4.78, 5) is 6.60. The van der Waals surface area contributed by atoms with Crippen molar-refractivity contribution in [3.8, 4) is 11.3 Å². The number of piperidine rings is 1. The van der Waals surface area contributed by atoms with Gasteiger partial charge in [-0.2, -0.15) is 10.1 Å². The van der Waals surface area contributed by atoms with Crippen molar-refractivity contribution in [3.05, 3.63) is 36.0 Å². The summed E-state index contributed by atoms with van der Waals surface area (Å²) < 4.78 is 23.2. The van der Waals surface area contributed by atoms with Crippen LogP contribution in [0.5, 0.6) is 0 Å². The number of nitrogens with two attached hydrogens (primary N) is 1. The molecule has 3 aromatic rings. The summed E-state index contributed by atoms with van der Waals surface area (Å²) in [5, 5.41) is 14.3. The number of nitrogens with zero attached hydrogens (tertiary/aromatic N) is 4. The zero-order valence-corrected chi connectivity index (χ0v) is 15.7. The first-order valence-electron chi connectivity index (χ1n) is 8.69. The quantitative estimate of drug-likeness (QED) is 0.618. The number of aromatic nitrogens is 5. The summed E-state index contributed by atoms with van der Waals surface area (Å²) in [5.74, 6) is 1.35. The van der Waals surface area contributed by atoms with E-state index in [4.69, 9.17) is 5.73 Å². The van der Waals surface area contributed by atoms with Crippen LogP contribution in [0.3, 0.4) is 0 Å². The number of nitrogen functional groups attached to an aromatic ring is 1. The van der Waals surface area contributed by atoms with Crippen molar-refractivity contribution in [1.29, 1.82) is 0 Å². The fourth-order valence-electron chi connectivity index (χ4n) is 3.36. The Bertz CT molecular complexity index is 1030. The molecule has 4 N–H and O–H groups in total. The minimum Gasteiger partial charge on any atom is -0.368 e. The number of sulfone groups is 1. The van der Waals surface area contributed by atoms with Crippen molar-refractivity contribution in [2.75, 3.05) is 30.0 Å². The SMILES string of the molecule is CS(=O)(=O)c1ccc(-c2cc(C3CCN(c4n[nH]c(N)n4)CC3)[nH]n2)cc1. The van der Waals surface area contributed by atoms with E-state index >= 15 is 0 Å². The first-order chi connectivity index (χ1) is 12.9. The van der Waals surface area contributed by atoms with E-state index in [0.29, 0.717) is 22.7 Å². The number of H-pyrrole nitrogens is 2. The molecule has 1 fully saturated rings. The molecule has 10 heteroatoms. The van der Waals surface area contributed by atoms with Crippen LogP contribution in [-0.4, -0.2) is 53.1 Å². The zero-order chi connectivity index (χ0) is 19.0. The second-order valence-electron chi connectivity index (χ2n) is 6.79. The standard InChI is InChI=1S/C17H21N7O2S/c1-27(25,26)13-4-2-11(3-5-13)14-10-15(21-20-14)12-6-8-24(9-7-12)17-19-16(18)22-23-17/h2-5,10,12H,6-9H2,1H3,(H,20,21)(H3,18,19,22,23). The van der Waals surface area contributed by atoms with Gasteiger partial charge in [0.15, 0.2) is 9.84 Å². The fraction of sp³-hybridized carbons (Fsp3) is 0.353. The van der Waals surface area contributed by atoms with Crippen LogP contribution in [0.15, 0.2) is 35.2 Å². The molecule has 0 amide bonds. The van der Waals surface area contributed by atoms with Crippen LogP contribution in [0.25, 0.3) is 11.3 Å². The lowest BCUT2D eigenvalue weighted by Crippen LogP contribution is -2.33. The van der Waals surface area contributed by atoms with Gasteiger partial charge in [0.25, 0.3) is 0 Å². The predicted octanol–water partition coefficient (Wildman–Crippen LogP) is 1.56. The Kier molecular flexibility index (Phi) is 4.34. The first-order valence-corrected chi connectivity index (χ1v) is 10.6. The Morgan fingerprint density at radius 1 is 1.11 bits per heavy atom. The first kappa shape index (κ1) is 17.5. The summed E-state index contributed by atoms with van der Waals surface area (Å²) in [6, 6.07) is 8.83. The normalized spacial score (nSPS) is 16.0. The van der Waals surface area contributed by atoms with Crippen LogP contribution < -0.4 is 10.6 Å². The van der Waals surface area contributed by atoms with Crippen molar-refractivity contribution in [1.82, 2.24) is 25.4 Å². The third-order valence-corrected chi connectivity index (χ3v) is 6.01. The molecule has 1 aliphatic heterocycles. The number of aromatic amines is 2. The lowest BCUT2D eigenvalue weighted by Gasteiger charge is -2.30. The summed E-state index contributed by atoms with van der Waals surface area (Å²) in [6.07, 6.45) is 3.13. The predicted molar refractivity (Wildman–Crippen MR) is 102 cm³/mol. The van der Waals surface area contributed by atoms with Gasteiger partial charge in [-0.05, 0) is 31.0 Å². The van der Waals surface area contributed by atoms with E-state index < -0.39 is 9.84 Å². The van der Waals surface area contributed by atoms with Gasteiger partial charge in [-0.3, -0.25) is 5.10 Å². The van der Waals surface area contributed by atoms with Crippen LogP contribution in [-0.2, 0) is 9.84 Å². The molecule has 27 heavy (non-hydrogen) atoms. The second kappa shape index (κ2) is 6.69. The Labute approximate surface area is 156 Å². The maximum atomic E-state index is 11.6. The highest BCUT2D eigenvalue weighted by Crippen LogP contribution is 2.30. The van der Waals surface area contributed by atoms with Crippen LogP contribution in [0.2, 0.25) is 0 Å². The maximum absolute atomic E-state index is 11.6. The minimum absolute atomic E-state index is 0.307. The molecule has 1 saturated heterocycles. The van der Waals surface area contributed by atoms with E-state index in [-0.39, 0.29) is 0 Å². The van der Waals surface area contributed by atoms with Crippen LogP contribution >= 0.6 is 0 Å². The number of rotatable bonds is 4. The van der Waals surface area contributed by atoms with Gasteiger partial charge >= 0.3 is 0 Å². The van der Waals surface area contributed by atoms with Gasteiger partial charge in [0, 0.05) is 36.5 Å². The largest absolute Gasteiger partial charge is 0.368 e. The average molecular weight is 387 g/mol. The molecule has 3 heterocycles.